The van der Waals surface area contributed by atoms with Crippen LogP contribution in [0, 0.1) is 0 Å². The Bertz CT molecular complexity index is 785. The molecule has 2 rings (SSSR count). The Balaban J connectivity index is 1.76. The molecule has 0 aliphatic rings. The Morgan fingerprint density at radius 1 is 1.07 bits per heavy atom. The predicted octanol–water partition coefficient (Wildman–Crippen LogP) is 3.57. The fourth-order valence-electron chi connectivity index (χ4n) is 2.36. The highest BCUT2D eigenvalue weighted by atomic mass is 16.6. The first-order chi connectivity index (χ1) is 13.0. The maximum Gasteiger partial charge on any atom is 0.344 e. The summed E-state index contributed by atoms with van der Waals surface area (Å²) in [5, 5.41) is 2.67. The van der Waals surface area contributed by atoms with Gasteiger partial charge in [-0.25, -0.2) is 4.79 Å². The van der Waals surface area contributed by atoms with E-state index in [1.807, 2.05) is 24.3 Å². The van der Waals surface area contributed by atoms with Gasteiger partial charge in [-0.1, -0.05) is 38.1 Å². The zero-order valence-corrected chi connectivity index (χ0v) is 15.4. The number of hydrogen-bond donors (Lipinski definition) is 1. The highest BCUT2D eigenvalue weighted by Crippen LogP contribution is 2.20. The van der Waals surface area contributed by atoms with Crippen LogP contribution < -0.4 is 10.1 Å². The van der Waals surface area contributed by atoms with Crippen LogP contribution in [0.1, 0.15) is 42.1 Å². The monoisotopic (exact) mass is 369 g/mol. The van der Waals surface area contributed by atoms with Crippen LogP contribution in [0.15, 0.2) is 48.5 Å². The van der Waals surface area contributed by atoms with Crippen molar-refractivity contribution in [3.05, 3.63) is 59.7 Å². The molecule has 0 saturated heterocycles. The molecule has 0 spiro atoms. The summed E-state index contributed by atoms with van der Waals surface area (Å²) in [5.41, 5.74) is 2.18. The van der Waals surface area contributed by atoms with Gasteiger partial charge in [0.15, 0.2) is 19.5 Å². The van der Waals surface area contributed by atoms with E-state index in [1.54, 1.807) is 24.3 Å². The molecule has 2 aromatic carbocycles. The summed E-state index contributed by atoms with van der Waals surface area (Å²) < 4.78 is 10.1. The number of anilines is 1. The minimum Gasteiger partial charge on any atom is -0.481 e. The summed E-state index contributed by atoms with van der Waals surface area (Å²) >= 11 is 0. The number of hydrogen-bond acceptors (Lipinski definition) is 5. The molecule has 142 valence electrons. The zero-order valence-electron chi connectivity index (χ0n) is 15.4. The molecule has 1 atom stereocenters. The lowest BCUT2D eigenvalue weighted by Crippen LogP contribution is -2.23. The lowest BCUT2D eigenvalue weighted by molar-refractivity contribution is -0.149. The second-order valence-corrected chi connectivity index (χ2v) is 6.08. The van der Waals surface area contributed by atoms with E-state index in [0.29, 0.717) is 23.5 Å². The fraction of sp³-hybridized carbons (Fsp3) is 0.286. The molecular weight excluding hydrogens is 346 g/mol. The SMILES string of the molecule is CC[C@H](C)c1ccc(NC(=O)COC(=O)COc2ccccc2C=O)cc1. The van der Waals surface area contributed by atoms with Crippen LogP contribution in [0.4, 0.5) is 5.69 Å². The van der Waals surface area contributed by atoms with Crippen LogP contribution in [-0.4, -0.2) is 31.4 Å². The van der Waals surface area contributed by atoms with Gasteiger partial charge in [-0.15, -0.1) is 0 Å². The first-order valence-corrected chi connectivity index (χ1v) is 8.76. The molecule has 0 bridgehead atoms. The van der Waals surface area contributed by atoms with Gasteiger partial charge in [0.2, 0.25) is 0 Å². The molecule has 0 aromatic heterocycles. The maximum absolute atomic E-state index is 11.9. The molecule has 0 aliphatic carbocycles. The fourth-order valence-corrected chi connectivity index (χ4v) is 2.36. The summed E-state index contributed by atoms with van der Waals surface area (Å²) in [6.07, 6.45) is 1.68. The molecule has 0 unspecified atom stereocenters. The molecule has 6 nitrogen and oxygen atoms in total. The normalized spacial score (nSPS) is 11.3. The largest absolute Gasteiger partial charge is 0.481 e. The molecule has 0 saturated carbocycles. The third kappa shape index (κ3) is 6.26. The van der Waals surface area contributed by atoms with E-state index >= 15 is 0 Å². The molecular formula is C21H23NO5. The Labute approximate surface area is 158 Å². The van der Waals surface area contributed by atoms with E-state index in [4.69, 9.17) is 9.47 Å². The molecule has 1 N–H and O–H groups in total. The van der Waals surface area contributed by atoms with Gasteiger partial charge in [0.1, 0.15) is 5.75 Å². The molecule has 2 aromatic rings. The summed E-state index contributed by atoms with van der Waals surface area (Å²) in [6.45, 7) is 3.46. The summed E-state index contributed by atoms with van der Waals surface area (Å²) in [5.74, 6) is -0.388. The Morgan fingerprint density at radius 2 is 1.78 bits per heavy atom. The van der Waals surface area contributed by atoms with Gasteiger partial charge in [0.25, 0.3) is 5.91 Å². The average molecular weight is 369 g/mol. The Hall–Kier alpha value is -3.15. The molecule has 0 fully saturated rings. The van der Waals surface area contributed by atoms with Crippen molar-refractivity contribution in [2.45, 2.75) is 26.2 Å². The van der Waals surface area contributed by atoms with Gasteiger partial charge in [0.05, 0.1) is 5.56 Å². The number of rotatable bonds is 9. The lowest BCUT2D eigenvalue weighted by atomic mass is 9.99. The standard InChI is InChI=1S/C21H23NO5/c1-3-15(2)16-8-10-18(11-9-16)22-20(24)13-27-21(25)14-26-19-7-5-4-6-17(19)12-23/h4-12,15H,3,13-14H2,1-2H3,(H,22,24)/t15-/m0/s1. The van der Waals surface area contributed by atoms with Crippen molar-refractivity contribution in [3.8, 4) is 5.75 Å². The van der Waals surface area contributed by atoms with Gasteiger partial charge in [-0.3, -0.25) is 9.59 Å². The summed E-state index contributed by atoms with van der Waals surface area (Å²) in [7, 11) is 0. The van der Waals surface area contributed by atoms with E-state index in [9.17, 15) is 14.4 Å². The number of ether oxygens (including phenoxy) is 2. The van der Waals surface area contributed by atoms with E-state index in [2.05, 4.69) is 19.2 Å². The second kappa shape index (κ2) is 10.1. The quantitative estimate of drug-likeness (QED) is 0.540. The Kier molecular flexibility index (Phi) is 7.55. The molecule has 0 aliphatic heterocycles. The van der Waals surface area contributed by atoms with Crippen LogP contribution in [0.2, 0.25) is 0 Å². The highest BCUT2D eigenvalue weighted by Gasteiger charge is 2.11. The van der Waals surface area contributed by atoms with E-state index in [0.717, 1.165) is 6.42 Å². The summed E-state index contributed by atoms with van der Waals surface area (Å²) in [4.78, 5) is 34.5. The predicted molar refractivity (Wildman–Crippen MR) is 102 cm³/mol. The number of esters is 1. The third-order valence-corrected chi connectivity index (χ3v) is 4.13. The van der Waals surface area contributed by atoms with Crippen molar-refractivity contribution < 1.29 is 23.9 Å². The molecule has 0 heterocycles. The van der Waals surface area contributed by atoms with Gasteiger partial charge in [0, 0.05) is 5.69 Å². The highest BCUT2D eigenvalue weighted by molar-refractivity contribution is 5.92. The van der Waals surface area contributed by atoms with E-state index in [-0.39, 0.29) is 12.4 Å². The number of aldehydes is 1. The first-order valence-electron chi connectivity index (χ1n) is 8.76. The molecule has 0 radical (unpaired) electrons. The molecule has 27 heavy (non-hydrogen) atoms. The minimum absolute atomic E-state index is 0.287. The number of nitrogens with one attached hydrogen (secondary N) is 1. The first kappa shape index (κ1) is 20.2. The average Bonchev–Trinajstić information content (AvgIpc) is 2.70. The van der Waals surface area contributed by atoms with Gasteiger partial charge in [-0.05, 0) is 42.2 Å². The summed E-state index contributed by atoms with van der Waals surface area (Å²) in [6, 6.07) is 14.1. The van der Waals surface area contributed by atoms with Crippen LogP contribution in [0.3, 0.4) is 0 Å². The number of amides is 1. The third-order valence-electron chi connectivity index (χ3n) is 4.13. The Morgan fingerprint density at radius 3 is 2.44 bits per heavy atom. The maximum atomic E-state index is 11.9. The van der Waals surface area contributed by atoms with Crippen molar-refractivity contribution in [1.82, 2.24) is 0 Å². The minimum atomic E-state index is -0.696. The lowest BCUT2D eigenvalue weighted by Gasteiger charge is -2.11. The van der Waals surface area contributed by atoms with Gasteiger partial charge < -0.3 is 14.8 Å². The van der Waals surface area contributed by atoms with E-state index in [1.165, 1.54) is 5.56 Å². The molecule has 1 amide bonds. The smallest absolute Gasteiger partial charge is 0.344 e. The van der Waals surface area contributed by atoms with E-state index < -0.39 is 18.5 Å². The van der Waals surface area contributed by atoms with Crippen molar-refractivity contribution >= 4 is 23.9 Å². The number of carbonyl (C=O) groups excluding carboxylic acids is 3. The number of para-hydroxylation sites is 1. The van der Waals surface area contributed by atoms with Crippen molar-refractivity contribution in [2.75, 3.05) is 18.5 Å². The van der Waals surface area contributed by atoms with Gasteiger partial charge in [-0.2, -0.15) is 0 Å². The number of benzene rings is 2. The van der Waals surface area contributed by atoms with Crippen LogP contribution in [-0.2, 0) is 14.3 Å². The van der Waals surface area contributed by atoms with Gasteiger partial charge >= 0.3 is 5.97 Å². The molecule has 6 heteroatoms. The topological polar surface area (TPSA) is 81.7 Å². The van der Waals surface area contributed by atoms with Crippen molar-refractivity contribution in [3.63, 3.8) is 0 Å². The van der Waals surface area contributed by atoms with Crippen LogP contribution in [0.5, 0.6) is 5.75 Å². The van der Waals surface area contributed by atoms with Crippen LogP contribution in [0.25, 0.3) is 0 Å². The van der Waals surface area contributed by atoms with Crippen LogP contribution >= 0.6 is 0 Å². The second-order valence-electron chi connectivity index (χ2n) is 6.08. The number of carbonyl (C=O) groups is 3. The van der Waals surface area contributed by atoms with Crippen molar-refractivity contribution in [1.29, 1.82) is 0 Å². The zero-order chi connectivity index (χ0) is 19.6. The van der Waals surface area contributed by atoms with Crippen molar-refractivity contribution in [2.24, 2.45) is 0 Å².